The molecule has 0 fully saturated rings. The number of nitrogens with zero attached hydrogens (tertiary/aromatic N) is 1. The van der Waals surface area contributed by atoms with E-state index in [0.29, 0.717) is 5.69 Å². The maximum Gasteiger partial charge on any atom is 0.153 e. The van der Waals surface area contributed by atoms with E-state index in [4.69, 9.17) is 15.5 Å². The number of nitrogens with two attached hydrogens (primary N) is 1. The van der Waals surface area contributed by atoms with E-state index in [2.05, 4.69) is 18.3 Å². The second kappa shape index (κ2) is 5.48. The van der Waals surface area contributed by atoms with E-state index in [-0.39, 0.29) is 6.10 Å². The number of fused-ring (bicyclic) bond motifs is 1. The summed E-state index contributed by atoms with van der Waals surface area (Å²) in [6.07, 6.45) is 0.831. The second-order valence-electron chi connectivity index (χ2n) is 5.12. The molecule has 4 heteroatoms. The third-order valence-electron chi connectivity index (χ3n) is 3.57. The largest absolute Gasteiger partial charge is 0.481 e. The Balaban J connectivity index is 1.97. The van der Waals surface area contributed by atoms with Crippen LogP contribution in [-0.2, 0) is 6.42 Å². The molecule has 1 unspecified atom stereocenters. The number of benzene rings is 2. The van der Waals surface area contributed by atoms with Crippen LogP contribution in [0.4, 0.5) is 17.1 Å². The van der Waals surface area contributed by atoms with Gasteiger partial charge in [-0.15, -0.1) is 0 Å². The number of hydrogen-bond donors (Lipinski definition) is 2. The number of aliphatic imine (C=N–C) groups is 1. The molecule has 2 aromatic carbocycles. The minimum absolute atomic E-state index is 0.119. The van der Waals surface area contributed by atoms with Gasteiger partial charge in [-0.25, -0.2) is 4.99 Å². The van der Waals surface area contributed by atoms with Crippen LogP contribution in [0.3, 0.4) is 0 Å². The molecular weight excluding hydrogens is 262 g/mol. The predicted octanol–water partition coefficient (Wildman–Crippen LogP) is 3.75. The maximum atomic E-state index is 5.90. The number of nitrogen functional groups attached to an aromatic ring is 1. The van der Waals surface area contributed by atoms with Gasteiger partial charge < -0.3 is 15.8 Å². The van der Waals surface area contributed by atoms with Gasteiger partial charge in [0.1, 0.15) is 11.6 Å². The Kier molecular flexibility index (Phi) is 3.52. The number of hydrogen-bond acceptors (Lipinski definition) is 3. The number of rotatable bonds is 2. The number of amidine groups is 1. The molecule has 0 saturated heterocycles. The van der Waals surface area contributed by atoms with Gasteiger partial charge in [0.15, 0.2) is 6.10 Å². The number of aryl methyl sites for hydroxylation is 1. The molecule has 0 aromatic heterocycles. The topological polar surface area (TPSA) is 59.6 Å². The molecule has 3 N–H and O–H groups in total. The molecule has 2 aromatic rings. The molecular formula is C17H19N3O. The van der Waals surface area contributed by atoms with Crippen molar-refractivity contribution in [1.82, 2.24) is 0 Å². The highest BCUT2D eigenvalue weighted by Crippen LogP contribution is 2.32. The molecule has 0 spiro atoms. The van der Waals surface area contributed by atoms with Gasteiger partial charge in [0.05, 0.1) is 11.4 Å². The zero-order valence-corrected chi connectivity index (χ0v) is 12.3. The molecule has 1 aliphatic heterocycles. The highest BCUT2D eigenvalue weighted by Gasteiger charge is 2.22. The van der Waals surface area contributed by atoms with Crippen molar-refractivity contribution in [3.8, 4) is 5.75 Å². The van der Waals surface area contributed by atoms with Crippen LogP contribution < -0.4 is 15.8 Å². The van der Waals surface area contributed by atoms with Crippen LogP contribution in [-0.4, -0.2) is 11.9 Å². The van der Waals surface area contributed by atoms with Gasteiger partial charge >= 0.3 is 0 Å². The minimum Gasteiger partial charge on any atom is -0.481 e. The minimum atomic E-state index is -0.119. The molecule has 0 saturated carbocycles. The Morgan fingerprint density at radius 3 is 2.86 bits per heavy atom. The summed E-state index contributed by atoms with van der Waals surface area (Å²) >= 11 is 0. The highest BCUT2D eigenvalue weighted by atomic mass is 16.5. The predicted molar refractivity (Wildman–Crippen MR) is 87.5 cm³/mol. The number of para-hydroxylation sites is 1. The SMILES string of the molecule is CCc1ccccc1N=C1Nc2cc(N)ccc2OC1C. The third-order valence-corrected chi connectivity index (χ3v) is 3.57. The molecule has 3 rings (SSSR count). The molecule has 0 bridgehead atoms. The van der Waals surface area contributed by atoms with Crippen molar-refractivity contribution in [2.24, 2.45) is 4.99 Å². The molecule has 0 amide bonds. The van der Waals surface area contributed by atoms with E-state index in [9.17, 15) is 0 Å². The van der Waals surface area contributed by atoms with E-state index in [1.807, 2.05) is 43.3 Å². The molecule has 1 atom stereocenters. The summed E-state index contributed by atoms with van der Waals surface area (Å²) in [6.45, 7) is 4.11. The van der Waals surface area contributed by atoms with Gasteiger partial charge in [0.25, 0.3) is 0 Å². The summed E-state index contributed by atoms with van der Waals surface area (Å²) in [6, 6.07) is 13.7. The van der Waals surface area contributed by atoms with Crippen molar-refractivity contribution in [3.63, 3.8) is 0 Å². The summed E-state index contributed by atoms with van der Waals surface area (Å²) in [5, 5.41) is 3.33. The van der Waals surface area contributed by atoms with E-state index in [0.717, 1.165) is 29.4 Å². The first-order chi connectivity index (χ1) is 10.2. The molecule has 1 heterocycles. The fraction of sp³-hybridized carbons (Fsp3) is 0.235. The lowest BCUT2D eigenvalue weighted by Crippen LogP contribution is -2.34. The summed E-state index contributed by atoms with van der Waals surface area (Å²) < 4.78 is 5.90. The average Bonchev–Trinajstić information content (AvgIpc) is 2.49. The van der Waals surface area contributed by atoms with Crippen molar-refractivity contribution >= 4 is 22.9 Å². The van der Waals surface area contributed by atoms with Crippen LogP contribution >= 0.6 is 0 Å². The monoisotopic (exact) mass is 281 g/mol. The zero-order valence-electron chi connectivity index (χ0n) is 12.3. The maximum absolute atomic E-state index is 5.90. The molecule has 21 heavy (non-hydrogen) atoms. The van der Waals surface area contributed by atoms with E-state index < -0.39 is 0 Å². The van der Waals surface area contributed by atoms with Crippen molar-refractivity contribution in [1.29, 1.82) is 0 Å². The first-order valence-electron chi connectivity index (χ1n) is 7.17. The van der Waals surface area contributed by atoms with E-state index in [1.165, 1.54) is 5.56 Å². The van der Waals surface area contributed by atoms with Crippen molar-refractivity contribution in [2.75, 3.05) is 11.1 Å². The number of anilines is 2. The van der Waals surface area contributed by atoms with Crippen molar-refractivity contribution in [2.45, 2.75) is 26.4 Å². The van der Waals surface area contributed by atoms with E-state index >= 15 is 0 Å². The Hall–Kier alpha value is -2.49. The average molecular weight is 281 g/mol. The Morgan fingerprint density at radius 1 is 1.24 bits per heavy atom. The third kappa shape index (κ3) is 2.70. The summed E-state index contributed by atoms with van der Waals surface area (Å²) in [5.74, 6) is 1.61. The van der Waals surface area contributed by atoms with Gasteiger partial charge in [-0.2, -0.15) is 0 Å². The fourth-order valence-corrected chi connectivity index (χ4v) is 2.40. The van der Waals surface area contributed by atoms with Crippen LogP contribution in [0.2, 0.25) is 0 Å². The van der Waals surface area contributed by atoms with E-state index in [1.54, 1.807) is 0 Å². The fourth-order valence-electron chi connectivity index (χ4n) is 2.40. The summed E-state index contributed by atoms with van der Waals surface area (Å²) in [5.41, 5.74) is 9.59. The molecule has 1 aliphatic rings. The summed E-state index contributed by atoms with van der Waals surface area (Å²) in [7, 11) is 0. The van der Waals surface area contributed by atoms with Crippen molar-refractivity contribution in [3.05, 3.63) is 48.0 Å². The van der Waals surface area contributed by atoms with Gasteiger partial charge in [-0.3, -0.25) is 0 Å². The lowest BCUT2D eigenvalue weighted by molar-refractivity contribution is 0.283. The normalized spacial score (nSPS) is 18.8. The van der Waals surface area contributed by atoms with Crippen LogP contribution in [0.1, 0.15) is 19.4 Å². The Labute approximate surface area is 124 Å². The van der Waals surface area contributed by atoms with Crippen molar-refractivity contribution < 1.29 is 4.74 Å². The van der Waals surface area contributed by atoms with Gasteiger partial charge in [0.2, 0.25) is 0 Å². The van der Waals surface area contributed by atoms with Crippen LogP contribution in [0.15, 0.2) is 47.5 Å². The lowest BCUT2D eigenvalue weighted by atomic mass is 10.1. The molecule has 4 nitrogen and oxygen atoms in total. The Bertz CT molecular complexity index is 694. The van der Waals surface area contributed by atoms with Crippen LogP contribution in [0.5, 0.6) is 5.75 Å². The molecule has 108 valence electrons. The van der Waals surface area contributed by atoms with Crippen LogP contribution in [0.25, 0.3) is 0 Å². The zero-order chi connectivity index (χ0) is 14.8. The first kappa shape index (κ1) is 13.5. The van der Waals surface area contributed by atoms with Gasteiger partial charge in [0, 0.05) is 5.69 Å². The summed E-state index contributed by atoms with van der Waals surface area (Å²) in [4.78, 5) is 4.74. The smallest absolute Gasteiger partial charge is 0.153 e. The quantitative estimate of drug-likeness (QED) is 0.824. The second-order valence-corrected chi connectivity index (χ2v) is 5.12. The highest BCUT2D eigenvalue weighted by molar-refractivity contribution is 6.03. The number of ether oxygens (including phenoxy) is 1. The van der Waals surface area contributed by atoms with Gasteiger partial charge in [-0.05, 0) is 43.2 Å². The number of nitrogens with one attached hydrogen (secondary N) is 1. The molecule has 0 aliphatic carbocycles. The standard InChI is InChI=1S/C17H19N3O/c1-3-12-6-4-5-7-14(12)19-17-11(2)21-16-9-8-13(18)10-15(16)20-17/h4-11H,3,18H2,1-2H3,(H,19,20). The Morgan fingerprint density at radius 2 is 2.05 bits per heavy atom. The van der Waals surface area contributed by atoms with Crippen LogP contribution in [0, 0.1) is 0 Å². The molecule has 0 radical (unpaired) electrons. The lowest BCUT2D eigenvalue weighted by Gasteiger charge is -2.26. The van der Waals surface area contributed by atoms with Gasteiger partial charge in [-0.1, -0.05) is 25.1 Å². The first-order valence-corrected chi connectivity index (χ1v) is 7.17.